The number of carbonyl (C=O) groups excluding carboxylic acids is 1. The average Bonchev–Trinajstić information content (AvgIpc) is 2.83. The van der Waals surface area contributed by atoms with Gasteiger partial charge in [-0.1, -0.05) is 18.5 Å². The van der Waals surface area contributed by atoms with Crippen molar-refractivity contribution in [1.82, 2.24) is 9.80 Å². The van der Waals surface area contributed by atoms with Gasteiger partial charge in [0.2, 0.25) is 5.91 Å². The molecule has 1 aromatic rings. The van der Waals surface area contributed by atoms with Crippen molar-refractivity contribution in [3.8, 4) is 0 Å². The Hall–Kier alpha value is -0.0400. The second-order valence-corrected chi connectivity index (χ2v) is 6.74. The number of carbonyl (C=O) groups is 1. The fourth-order valence-corrected chi connectivity index (χ4v) is 3.33. The molecule has 1 amide bonds. The molecule has 0 aromatic carbocycles. The van der Waals surface area contributed by atoms with Crippen molar-refractivity contribution in [3.05, 3.63) is 21.3 Å². The minimum Gasteiger partial charge on any atom is -0.340 e. The quantitative estimate of drug-likeness (QED) is 0.881. The summed E-state index contributed by atoms with van der Waals surface area (Å²) in [5.41, 5.74) is 5.54. The van der Waals surface area contributed by atoms with E-state index < -0.39 is 0 Å². The zero-order valence-corrected chi connectivity index (χ0v) is 15.2. The van der Waals surface area contributed by atoms with E-state index in [2.05, 4.69) is 11.0 Å². The predicted molar refractivity (Wildman–Crippen MR) is 93.9 cm³/mol. The normalized spacial score (nSPS) is 16.8. The summed E-state index contributed by atoms with van der Waals surface area (Å²) in [7, 11) is 0. The highest BCUT2D eigenvalue weighted by Gasteiger charge is 2.24. The van der Waals surface area contributed by atoms with Crippen LogP contribution in [-0.4, -0.2) is 48.4 Å². The molecule has 8 heteroatoms. The summed E-state index contributed by atoms with van der Waals surface area (Å²) >= 11 is 7.55. The lowest BCUT2D eigenvalue weighted by Gasteiger charge is -2.35. The van der Waals surface area contributed by atoms with Gasteiger partial charge in [0.1, 0.15) is 0 Å². The number of hydrogen-bond donors (Lipinski definition) is 1. The predicted octanol–water partition coefficient (Wildman–Crippen LogP) is 2.48. The van der Waals surface area contributed by atoms with Gasteiger partial charge in [-0.3, -0.25) is 9.69 Å². The van der Waals surface area contributed by atoms with Crippen LogP contribution in [0.4, 0.5) is 0 Å². The van der Waals surface area contributed by atoms with Crippen LogP contribution in [0.2, 0.25) is 4.34 Å². The van der Waals surface area contributed by atoms with Gasteiger partial charge in [-0.15, -0.1) is 36.2 Å². The summed E-state index contributed by atoms with van der Waals surface area (Å²) < 4.78 is 0.834. The molecule has 0 radical (unpaired) electrons. The van der Waals surface area contributed by atoms with Crippen molar-refractivity contribution >= 4 is 53.7 Å². The third kappa shape index (κ3) is 5.93. The maximum Gasteiger partial charge on any atom is 0.226 e. The third-order valence-corrected chi connectivity index (χ3v) is 4.68. The van der Waals surface area contributed by atoms with Gasteiger partial charge in [-0.05, 0) is 12.1 Å². The molecule has 1 atom stereocenters. The molecular formula is C13H22Cl3N3OS. The molecule has 1 aliphatic rings. The van der Waals surface area contributed by atoms with Crippen LogP contribution >= 0.6 is 47.8 Å². The summed E-state index contributed by atoms with van der Waals surface area (Å²) in [6, 6.07) is 4.01. The Balaban J connectivity index is 0.00000200. The van der Waals surface area contributed by atoms with Crippen LogP contribution in [0.15, 0.2) is 12.1 Å². The molecule has 0 aliphatic carbocycles. The number of amides is 1. The summed E-state index contributed by atoms with van der Waals surface area (Å²) in [5.74, 6) is 0.115. The molecular weight excluding hydrogens is 353 g/mol. The van der Waals surface area contributed by atoms with E-state index in [1.165, 1.54) is 4.88 Å². The second-order valence-electron chi connectivity index (χ2n) is 4.94. The zero-order chi connectivity index (χ0) is 13.8. The standard InChI is InChI=1S/C13H20ClN3OS.2ClH/c1-10(8-15)13(18)17-6-4-16(5-7-17)9-11-2-3-12(14)19-11;;/h2-3,10H,4-9,15H2,1H3;2*1H. The molecule has 122 valence electrons. The topological polar surface area (TPSA) is 49.6 Å². The van der Waals surface area contributed by atoms with E-state index in [1.54, 1.807) is 11.3 Å². The molecule has 4 nitrogen and oxygen atoms in total. The van der Waals surface area contributed by atoms with E-state index in [1.807, 2.05) is 17.9 Å². The Morgan fingerprint density at radius 2 is 1.95 bits per heavy atom. The summed E-state index contributed by atoms with van der Waals surface area (Å²) in [6.07, 6.45) is 0. The van der Waals surface area contributed by atoms with Crippen molar-refractivity contribution in [1.29, 1.82) is 0 Å². The lowest BCUT2D eigenvalue weighted by molar-refractivity contribution is -0.136. The van der Waals surface area contributed by atoms with E-state index in [-0.39, 0.29) is 36.6 Å². The van der Waals surface area contributed by atoms with E-state index in [4.69, 9.17) is 17.3 Å². The van der Waals surface area contributed by atoms with Crippen molar-refractivity contribution in [2.24, 2.45) is 11.7 Å². The van der Waals surface area contributed by atoms with Crippen LogP contribution in [-0.2, 0) is 11.3 Å². The molecule has 1 aliphatic heterocycles. The van der Waals surface area contributed by atoms with Crippen LogP contribution in [0.25, 0.3) is 0 Å². The highest BCUT2D eigenvalue weighted by molar-refractivity contribution is 7.16. The van der Waals surface area contributed by atoms with Crippen LogP contribution in [0.3, 0.4) is 0 Å². The largest absolute Gasteiger partial charge is 0.340 e. The van der Waals surface area contributed by atoms with Gasteiger partial charge in [0.05, 0.1) is 4.34 Å². The van der Waals surface area contributed by atoms with Crippen LogP contribution < -0.4 is 5.73 Å². The van der Waals surface area contributed by atoms with Gasteiger partial charge in [-0.2, -0.15) is 0 Å². The third-order valence-electron chi connectivity index (χ3n) is 3.47. The molecule has 0 saturated carbocycles. The van der Waals surface area contributed by atoms with Gasteiger partial charge in [0.15, 0.2) is 0 Å². The number of nitrogens with zero attached hydrogens (tertiary/aromatic N) is 2. The molecule has 21 heavy (non-hydrogen) atoms. The maximum atomic E-state index is 12.0. The van der Waals surface area contributed by atoms with E-state index in [0.29, 0.717) is 6.54 Å². The molecule has 2 heterocycles. The first kappa shape index (κ1) is 21.0. The number of hydrogen-bond acceptors (Lipinski definition) is 4. The molecule has 1 fully saturated rings. The van der Waals surface area contributed by atoms with Gasteiger partial charge in [-0.25, -0.2) is 0 Å². The molecule has 0 spiro atoms. The highest BCUT2D eigenvalue weighted by Crippen LogP contribution is 2.23. The summed E-state index contributed by atoms with van der Waals surface area (Å²) in [6.45, 7) is 6.66. The summed E-state index contributed by atoms with van der Waals surface area (Å²) in [4.78, 5) is 17.6. The minimum absolute atomic E-state index is 0. The Morgan fingerprint density at radius 3 is 2.43 bits per heavy atom. The van der Waals surface area contributed by atoms with Crippen LogP contribution in [0.5, 0.6) is 0 Å². The number of halogens is 3. The molecule has 1 aromatic heterocycles. The first-order valence-electron chi connectivity index (χ1n) is 6.55. The monoisotopic (exact) mass is 373 g/mol. The maximum absolute atomic E-state index is 12.0. The fraction of sp³-hybridized carbons (Fsp3) is 0.615. The van der Waals surface area contributed by atoms with Crippen molar-refractivity contribution in [3.63, 3.8) is 0 Å². The van der Waals surface area contributed by atoms with E-state index >= 15 is 0 Å². The van der Waals surface area contributed by atoms with Crippen molar-refractivity contribution in [2.75, 3.05) is 32.7 Å². The molecule has 1 unspecified atom stereocenters. The number of piperazine rings is 1. The van der Waals surface area contributed by atoms with Crippen LogP contribution in [0, 0.1) is 5.92 Å². The van der Waals surface area contributed by atoms with Gasteiger partial charge in [0, 0.05) is 50.1 Å². The lowest BCUT2D eigenvalue weighted by atomic mass is 10.1. The second kappa shape index (κ2) is 9.87. The number of thiophene rings is 1. The average molecular weight is 375 g/mol. The Morgan fingerprint density at radius 1 is 1.33 bits per heavy atom. The van der Waals surface area contributed by atoms with E-state index in [9.17, 15) is 4.79 Å². The number of rotatable bonds is 4. The number of nitrogens with two attached hydrogens (primary N) is 1. The van der Waals surface area contributed by atoms with Gasteiger partial charge >= 0.3 is 0 Å². The Bertz CT molecular complexity index is 436. The van der Waals surface area contributed by atoms with Crippen molar-refractivity contribution < 1.29 is 4.79 Å². The first-order valence-corrected chi connectivity index (χ1v) is 7.75. The zero-order valence-electron chi connectivity index (χ0n) is 12.0. The Kier molecular flexibility index (Phi) is 9.85. The smallest absolute Gasteiger partial charge is 0.226 e. The summed E-state index contributed by atoms with van der Waals surface area (Å²) in [5, 5.41) is 0. The first-order chi connectivity index (χ1) is 9.10. The molecule has 2 rings (SSSR count). The minimum atomic E-state index is -0.0670. The van der Waals surface area contributed by atoms with E-state index in [0.717, 1.165) is 37.1 Å². The Labute approximate surface area is 147 Å². The molecule has 1 saturated heterocycles. The van der Waals surface area contributed by atoms with Crippen LogP contribution in [0.1, 0.15) is 11.8 Å². The van der Waals surface area contributed by atoms with Gasteiger partial charge < -0.3 is 10.6 Å². The molecule has 0 bridgehead atoms. The highest BCUT2D eigenvalue weighted by atomic mass is 35.5. The fourth-order valence-electron chi connectivity index (χ4n) is 2.20. The lowest BCUT2D eigenvalue weighted by Crippen LogP contribution is -2.50. The molecule has 2 N–H and O–H groups in total. The van der Waals surface area contributed by atoms with Crippen molar-refractivity contribution in [2.45, 2.75) is 13.5 Å². The SMILES string of the molecule is CC(CN)C(=O)N1CCN(Cc2ccc(Cl)s2)CC1.Cl.Cl. The van der Waals surface area contributed by atoms with Gasteiger partial charge in [0.25, 0.3) is 0 Å².